The highest BCUT2D eigenvalue weighted by Gasteiger charge is 2.09. The molecule has 0 atom stereocenters. The van der Waals surface area contributed by atoms with Crippen LogP contribution in [0.3, 0.4) is 0 Å². The van der Waals surface area contributed by atoms with Crippen molar-refractivity contribution >= 4 is 17.5 Å². The first-order chi connectivity index (χ1) is 9.70. The van der Waals surface area contributed by atoms with Crippen LogP contribution < -0.4 is 5.32 Å². The van der Waals surface area contributed by atoms with Crippen LogP contribution in [0.15, 0.2) is 18.2 Å². The summed E-state index contributed by atoms with van der Waals surface area (Å²) in [5.41, 5.74) is 0.948. The molecule has 0 aliphatic carbocycles. The molecule has 0 saturated carbocycles. The summed E-state index contributed by atoms with van der Waals surface area (Å²) < 4.78 is 0. The zero-order valence-corrected chi connectivity index (χ0v) is 11.0. The average molecular weight is 292 g/mol. The number of nitrogens with one attached hydrogen (secondary N) is 2. The molecule has 0 aliphatic heterocycles. The third kappa shape index (κ3) is 3.54. The van der Waals surface area contributed by atoms with Crippen molar-refractivity contribution in [2.75, 3.05) is 6.61 Å². The Labute approximate surface area is 119 Å². The van der Waals surface area contributed by atoms with E-state index >= 15 is 0 Å². The van der Waals surface area contributed by atoms with E-state index in [1.165, 1.54) is 6.07 Å². The number of hydrogen-bond donors (Lipinski definition) is 3. The van der Waals surface area contributed by atoms with E-state index in [1.807, 2.05) is 0 Å². The summed E-state index contributed by atoms with van der Waals surface area (Å²) in [7, 11) is 0. The molecule has 20 heavy (non-hydrogen) atoms. The first-order valence-corrected chi connectivity index (χ1v) is 5.98. The summed E-state index contributed by atoms with van der Waals surface area (Å²) in [6.45, 7) is -0.0811. The Morgan fingerprint density at radius 2 is 2.35 bits per heavy atom. The van der Waals surface area contributed by atoms with Crippen molar-refractivity contribution in [3.8, 4) is 11.8 Å². The minimum atomic E-state index is -0.307. The van der Waals surface area contributed by atoms with Gasteiger partial charge in [-0.2, -0.15) is 5.21 Å². The molecule has 102 valence electrons. The number of halogens is 1. The number of aromatic amines is 1. The van der Waals surface area contributed by atoms with Gasteiger partial charge < -0.3 is 10.4 Å². The Morgan fingerprint density at radius 1 is 1.50 bits per heavy atom. The van der Waals surface area contributed by atoms with Gasteiger partial charge in [-0.05, 0) is 18.2 Å². The maximum Gasteiger partial charge on any atom is 0.251 e. The van der Waals surface area contributed by atoms with Crippen molar-refractivity contribution in [1.82, 2.24) is 25.9 Å². The quantitative estimate of drug-likeness (QED) is 0.697. The monoisotopic (exact) mass is 291 g/mol. The molecule has 1 aromatic carbocycles. The summed E-state index contributed by atoms with van der Waals surface area (Å²) >= 11 is 6.01. The molecule has 7 nitrogen and oxygen atoms in total. The topological polar surface area (TPSA) is 104 Å². The number of hydrogen-bond acceptors (Lipinski definition) is 5. The Kier molecular flexibility index (Phi) is 4.65. The molecule has 0 fully saturated rings. The molecule has 3 N–H and O–H groups in total. The van der Waals surface area contributed by atoms with Gasteiger partial charge in [0.15, 0.2) is 5.82 Å². The van der Waals surface area contributed by atoms with Crippen molar-refractivity contribution in [3.05, 3.63) is 40.2 Å². The minimum Gasteiger partial charge on any atom is -0.384 e. The van der Waals surface area contributed by atoms with E-state index in [9.17, 15) is 4.79 Å². The number of amides is 1. The first kappa shape index (κ1) is 14.0. The van der Waals surface area contributed by atoms with Gasteiger partial charge in [-0.3, -0.25) is 4.79 Å². The Bertz CT molecular complexity index is 660. The predicted molar refractivity (Wildman–Crippen MR) is 70.8 cm³/mol. The van der Waals surface area contributed by atoms with Crippen molar-refractivity contribution in [3.63, 3.8) is 0 Å². The van der Waals surface area contributed by atoms with Gasteiger partial charge in [0.2, 0.25) is 0 Å². The Hall–Kier alpha value is -2.43. The molecule has 0 radical (unpaired) electrons. The number of H-pyrrole nitrogens is 1. The second-order valence-corrected chi connectivity index (χ2v) is 4.07. The number of aliphatic hydroxyl groups excluding tert-OH is 1. The molecule has 1 heterocycles. The number of aliphatic hydroxyl groups is 1. The fraction of sp³-hybridized carbons (Fsp3) is 0.167. The van der Waals surface area contributed by atoms with E-state index in [-0.39, 0.29) is 19.1 Å². The van der Waals surface area contributed by atoms with Crippen LogP contribution in [-0.4, -0.2) is 38.2 Å². The van der Waals surface area contributed by atoms with Crippen LogP contribution in [0.4, 0.5) is 0 Å². The number of aromatic nitrogens is 4. The van der Waals surface area contributed by atoms with E-state index < -0.39 is 0 Å². The first-order valence-electron chi connectivity index (χ1n) is 5.60. The zero-order valence-electron chi connectivity index (χ0n) is 10.2. The molecule has 1 amide bonds. The average Bonchev–Trinajstić information content (AvgIpc) is 2.96. The summed E-state index contributed by atoms with van der Waals surface area (Å²) in [5, 5.41) is 24.7. The molecule has 0 saturated heterocycles. The predicted octanol–water partition coefficient (Wildman–Crippen LogP) is 0.127. The van der Waals surface area contributed by atoms with Crippen LogP contribution in [-0.2, 0) is 6.54 Å². The van der Waals surface area contributed by atoms with Crippen LogP contribution in [0.25, 0.3) is 0 Å². The molecule has 2 aromatic rings. The van der Waals surface area contributed by atoms with Crippen molar-refractivity contribution < 1.29 is 9.90 Å². The summed E-state index contributed by atoms with van der Waals surface area (Å²) in [5.74, 6) is 5.26. The summed E-state index contributed by atoms with van der Waals surface area (Å²) in [6, 6.07) is 4.72. The highest BCUT2D eigenvalue weighted by molar-refractivity contribution is 6.32. The fourth-order valence-corrected chi connectivity index (χ4v) is 1.64. The van der Waals surface area contributed by atoms with E-state index in [0.29, 0.717) is 22.0 Å². The van der Waals surface area contributed by atoms with Crippen LogP contribution in [0, 0.1) is 11.8 Å². The third-order valence-corrected chi connectivity index (χ3v) is 2.64. The molecular formula is C12H10ClN5O2. The smallest absolute Gasteiger partial charge is 0.251 e. The highest BCUT2D eigenvalue weighted by Crippen LogP contribution is 2.17. The van der Waals surface area contributed by atoms with Crippen LogP contribution >= 0.6 is 11.6 Å². The van der Waals surface area contributed by atoms with E-state index in [1.54, 1.807) is 12.1 Å². The number of carbonyl (C=O) groups is 1. The lowest BCUT2D eigenvalue weighted by atomic mass is 10.1. The Morgan fingerprint density at radius 3 is 3.00 bits per heavy atom. The van der Waals surface area contributed by atoms with E-state index in [2.05, 4.69) is 37.8 Å². The summed E-state index contributed by atoms with van der Waals surface area (Å²) in [4.78, 5) is 11.9. The van der Waals surface area contributed by atoms with Crippen LogP contribution in [0.5, 0.6) is 0 Å². The molecule has 2 rings (SSSR count). The minimum absolute atomic E-state index is 0.166. The molecule has 0 bridgehead atoms. The van der Waals surface area contributed by atoms with Gasteiger partial charge in [0.25, 0.3) is 5.91 Å². The number of rotatable bonds is 3. The lowest BCUT2D eigenvalue weighted by molar-refractivity contribution is 0.0950. The number of carbonyl (C=O) groups excluding carboxylic acids is 1. The van der Waals surface area contributed by atoms with Crippen LogP contribution in [0.2, 0.25) is 5.02 Å². The molecular weight excluding hydrogens is 282 g/mol. The second-order valence-electron chi connectivity index (χ2n) is 3.67. The second kappa shape index (κ2) is 6.65. The lowest BCUT2D eigenvalue weighted by Crippen LogP contribution is -2.23. The standard InChI is InChI=1S/C12H10ClN5O2/c13-10-6-9(4-3-8(10)2-1-5-19)12(20)14-7-11-15-17-18-16-11/h3-4,6,19H,5,7H2,(H,14,20)(H,15,16,17,18). The maximum absolute atomic E-state index is 11.9. The normalized spacial score (nSPS) is 9.70. The van der Waals surface area contributed by atoms with Crippen molar-refractivity contribution in [1.29, 1.82) is 0 Å². The van der Waals surface area contributed by atoms with Gasteiger partial charge in [0.1, 0.15) is 6.61 Å². The summed E-state index contributed by atoms with van der Waals surface area (Å²) in [6.07, 6.45) is 0. The largest absolute Gasteiger partial charge is 0.384 e. The van der Waals surface area contributed by atoms with Gasteiger partial charge in [0, 0.05) is 11.1 Å². The zero-order chi connectivity index (χ0) is 14.4. The number of tetrazole rings is 1. The number of nitrogens with zero attached hydrogens (tertiary/aromatic N) is 3. The fourth-order valence-electron chi connectivity index (χ4n) is 1.41. The molecule has 0 spiro atoms. The Balaban J connectivity index is 2.05. The SMILES string of the molecule is O=C(NCc1nn[nH]n1)c1ccc(C#CCO)c(Cl)c1. The van der Waals surface area contributed by atoms with Gasteiger partial charge in [-0.1, -0.05) is 28.7 Å². The van der Waals surface area contributed by atoms with E-state index in [4.69, 9.17) is 16.7 Å². The van der Waals surface area contributed by atoms with E-state index in [0.717, 1.165) is 0 Å². The maximum atomic E-state index is 11.9. The third-order valence-electron chi connectivity index (χ3n) is 2.33. The van der Waals surface area contributed by atoms with Gasteiger partial charge in [-0.15, -0.1) is 10.2 Å². The molecule has 1 aromatic heterocycles. The van der Waals surface area contributed by atoms with Crippen molar-refractivity contribution in [2.45, 2.75) is 6.54 Å². The van der Waals surface area contributed by atoms with Gasteiger partial charge >= 0.3 is 0 Å². The van der Waals surface area contributed by atoms with Gasteiger partial charge in [-0.25, -0.2) is 0 Å². The lowest BCUT2D eigenvalue weighted by Gasteiger charge is -2.04. The molecule has 0 unspecified atom stereocenters. The van der Waals surface area contributed by atoms with Crippen molar-refractivity contribution in [2.24, 2.45) is 0 Å². The number of benzene rings is 1. The highest BCUT2D eigenvalue weighted by atomic mass is 35.5. The van der Waals surface area contributed by atoms with Gasteiger partial charge in [0.05, 0.1) is 11.6 Å². The molecule has 0 aliphatic rings. The van der Waals surface area contributed by atoms with Crippen LogP contribution in [0.1, 0.15) is 21.7 Å². The molecule has 8 heteroatoms.